The molecule has 1 aliphatic rings. The minimum atomic E-state index is 0.813. The number of nitrogens with zero attached hydrogens (tertiary/aromatic N) is 2. The van der Waals surface area contributed by atoms with Crippen molar-refractivity contribution in [1.29, 1.82) is 0 Å². The number of imidazole rings is 1. The summed E-state index contributed by atoms with van der Waals surface area (Å²) in [5.74, 6) is 1.21. The summed E-state index contributed by atoms with van der Waals surface area (Å²) in [7, 11) is 0. The Morgan fingerprint density at radius 3 is 2.05 bits per heavy atom. The van der Waals surface area contributed by atoms with E-state index in [9.17, 15) is 0 Å². The van der Waals surface area contributed by atoms with E-state index in [0.717, 1.165) is 19.5 Å². The number of hydrogen-bond donors (Lipinski definition) is 0. The van der Waals surface area contributed by atoms with Crippen molar-refractivity contribution >= 4 is 38.7 Å². The molecule has 0 saturated carbocycles. The van der Waals surface area contributed by atoms with Crippen LogP contribution in [0.1, 0.15) is 23.4 Å². The molecule has 0 radical (unpaired) electrons. The molecule has 2 nitrogen and oxygen atoms in total. The molecular formula is C36H29N2+. The predicted octanol–water partition coefficient (Wildman–Crippen LogP) is 8.23. The lowest BCUT2D eigenvalue weighted by Gasteiger charge is -2.06. The molecular weight excluding hydrogens is 460 g/mol. The van der Waals surface area contributed by atoms with Gasteiger partial charge in [-0.2, -0.15) is 0 Å². The molecule has 0 spiro atoms. The number of rotatable bonds is 6. The third-order valence-corrected chi connectivity index (χ3v) is 7.57. The van der Waals surface area contributed by atoms with Crippen molar-refractivity contribution in [3.63, 3.8) is 0 Å². The van der Waals surface area contributed by atoms with Crippen molar-refractivity contribution in [3.8, 4) is 0 Å². The molecule has 1 heterocycles. The number of benzene rings is 5. The lowest BCUT2D eigenvalue weighted by molar-refractivity contribution is -0.665. The van der Waals surface area contributed by atoms with Crippen molar-refractivity contribution in [2.45, 2.75) is 19.5 Å². The van der Waals surface area contributed by atoms with Gasteiger partial charge in [-0.05, 0) is 68.9 Å². The maximum absolute atomic E-state index is 2.47. The lowest BCUT2D eigenvalue weighted by Crippen LogP contribution is -2.37. The van der Waals surface area contributed by atoms with E-state index in [1.165, 1.54) is 55.1 Å². The van der Waals surface area contributed by atoms with Crippen molar-refractivity contribution in [3.05, 3.63) is 156 Å². The summed E-state index contributed by atoms with van der Waals surface area (Å²) < 4.78 is 4.94. The van der Waals surface area contributed by atoms with Gasteiger partial charge < -0.3 is 0 Å². The number of para-hydroxylation sites is 2. The van der Waals surface area contributed by atoms with Gasteiger partial charge in [0, 0.05) is 6.08 Å². The van der Waals surface area contributed by atoms with Crippen LogP contribution in [-0.2, 0) is 13.1 Å². The maximum atomic E-state index is 2.47. The summed E-state index contributed by atoms with van der Waals surface area (Å²) in [5, 5.41) is 5.12. The fourth-order valence-electron chi connectivity index (χ4n) is 5.63. The standard InChI is InChI=1S/C36H29N2/c1-2-10-27(9-1)19-22-36-37(25-28-17-20-30-11-3-5-13-32(30)23-28)34-15-7-8-16-35(34)38(36)26-29-18-21-31-12-4-6-14-33(31)24-29/h1-9,11-24H,10,25-26H2/q+1/b22-19+. The quantitative estimate of drug-likeness (QED) is 0.208. The summed E-state index contributed by atoms with van der Waals surface area (Å²) in [6.45, 7) is 1.63. The van der Waals surface area contributed by atoms with Crippen LogP contribution in [0.4, 0.5) is 0 Å². The number of aromatic nitrogens is 2. The first-order valence-electron chi connectivity index (χ1n) is 13.3. The third-order valence-electron chi connectivity index (χ3n) is 7.57. The van der Waals surface area contributed by atoms with Gasteiger partial charge in [-0.25, -0.2) is 9.13 Å². The van der Waals surface area contributed by atoms with Gasteiger partial charge in [-0.1, -0.05) is 109 Å². The molecule has 182 valence electrons. The Balaban J connectivity index is 1.37. The van der Waals surface area contributed by atoms with Crippen LogP contribution in [0.5, 0.6) is 0 Å². The van der Waals surface area contributed by atoms with E-state index < -0.39 is 0 Å². The summed E-state index contributed by atoms with van der Waals surface area (Å²) in [5.41, 5.74) is 6.45. The SMILES string of the molecule is C1=CCC(/C=C/c2n(Cc3ccc4ccccc4c3)c3ccccc3[n+]2Cc2ccc3ccccc3c2)=C1. The van der Waals surface area contributed by atoms with Crippen LogP contribution in [0, 0.1) is 0 Å². The third kappa shape index (κ3) is 4.25. The molecule has 6 aromatic rings. The Hall–Kier alpha value is -4.69. The molecule has 2 heteroatoms. The van der Waals surface area contributed by atoms with Crippen LogP contribution < -0.4 is 4.57 Å². The van der Waals surface area contributed by atoms with E-state index in [2.05, 4.69) is 149 Å². The van der Waals surface area contributed by atoms with Gasteiger partial charge in [-0.15, -0.1) is 0 Å². The Bertz CT molecular complexity index is 1780. The Morgan fingerprint density at radius 1 is 0.658 bits per heavy atom. The van der Waals surface area contributed by atoms with E-state index in [0.29, 0.717) is 0 Å². The molecule has 0 saturated heterocycles. The van der Waals surface area contributed by atoms with Crippen molar-refractivity contribution in [2.75, 3.05) is 0 Å². The second-order valence-corrected chi connectivity index (χ2v) is 10.1. The zero-order valence-corrected chi connectivity index (χ0v) is 21.3. The molecule has 5 aromatic carbocycles. The second-order valence-electron chi connectivity index (χ2n) is 10.1. The smallest absolute Gasteiger partial charge is 0.219 e. The first-order chi connectivity index (χ1) is 18.8. The number of hydrogen-bond acceptors (Lipinski definition) is 0. The average molecular weight is 490 g/mol. The summed E-state index contributed by atoms with van der Waals surface area (Å²) in [6, 6.07) is 39.7. The van der Waals surface area contributed by atoms with Gasteiger partial charge in [0.1, 0.15) is 13.1 Å². The normalized spacial score (nSPS) is 13.3. The van der Waals surface area contributed by atoms with Crippen LogP contribution in [0.3, 0.4) is 0 Å². The molecule has 0 aliphatic heterocycles. The Morgan fingerprint density at radius 2 is 1.32 bits per heavy atom. The minimum Gasteiger partial charge on any atom is -0.219 e. The van der Waals surface area contributed by atoms with Crippen molar-refractivity contribution < 1.29 is 4.57 Å². The Labute approximate surface area is 223 Å². The molecule has 1 aromatic heterocycles. The monoisotopic (exact) mass is 489 g/mol. The number of allylic oxidation sites excluding steroid dienone is 5. The summed E-state index contributed by atoms with van der Waals surface area (Å²) >= 11 is 0. The molecule has 0 amide bonds. The van der Waals surface area contributed by atoms with Gasteiger partial charge in [0.25, 0.3) is 5.82 Å². The highest BCUT2D eigenvalue weighted by molar-refractivity contribution is 5.84. The first-order valence-corrected chi connectivity index (χ1v) is 13.3. The van der Waals surface area contributed by atoms with Crippen LogP contribution in [0.25, 0.3) is 38.7 Å². The van der Waals surface area contributed by atoms with Gasteiger partial charge in [0.15, 0.2) is 11.0 Å². The van der Waals surface area contributed by atoms with E-state index >= 15 is 0 Å². The van der Waals surface area contributed by atoms with E-state index in [-0.39, 0.29) is 0 Å². The zero-order chi connectivity index (χ0) is 25.3. The fourth-order valence-corrected chi connectivity index (χ4v) is 5.63. The van der Waals surface area contributed by atoms with Crippen molar-refractivity contribution in [1.82, 2.24) is 4.57 Å². The topological polar surface area (TPSA) is 8.81 Å². The van der Waals surface area contributed by atoms with Gasteiger partial charge >= 0.3 is 0 Å². The van der Waals surface area contributed by atoms with Crippen LogP contribution in [0.15, 0.2) is 139 Å². The first kappa shape index (κ1) is 22.5. The molecule has 0 unspecified atom stereocenters. The van der Waals surface area contributed by atoms with E-state index in [1.807, 2.05) is 0 Å². The minimum absolute atomic E-state index is 0.813. The molecule has 0 bridgehead atoms. The molecule has 0 fully saturated rings. The molecule has 0 N–H and O–H groups in total. The highest BCUT2D eigenvalue weighted by Gasteiger charge is 2.24. The molecule has 1 aliphatic carbocycles. The zero-order valence-electron chi connectivity index (χ0n) is 21.3. The largest absolute Gasteiger partial charge is 0.283 e. The highest BCUT2D eigenvalue weighted by Crippen LogP contribution is 2.23. The van der Waals surface area contributed by atoms with E-state index in [4.69, 9.17) is 0 Å². The van der Waals surface area contributed by atoms with Crippen LogP contribution >= 0.6 is 0 Å². The van der Waals surface area contributed by atoms with Crippen LogP contribution in [0.2, 0.25) is 0 Å². The number of fused-ring (bicyclic) bond motifs is 3. The fraction of sp³-hybridized carbons (Fsp3) is 0.0833. The lowest BCUT2D eigenvalue weighted by atomic mass is 10.1. The summed E-state index contributed by atoms with van der Waals surface area (Å²) in [4.78, 5) is 0. The highest BCUT2D eigenvalue weighted by atomic mass is 15.2. The average Bonchev–Trinajstić information content (AvgIpc) is 3.59. The molecule has 7 rings (SSSR count). The van der Waals surface area contributed by atoms with Gasteiger partial charge in [0.05, 0.1) is 0 Å². The van der Waals surface area contributed by atoms with Gasteiger partial charge in [0.2, 0.25) is 0 Å². The molecule has 38 heavy (non-hydrogen) atoms. The van der Waals surface area contributed by atoms with Gasteiger partial charge in [-0.3, -0.25) is 0 Å². The van der Waals surface area contributed by atoms with E-state index in [1.54, 1.807) is 0 Å². The van der Waals surface area contributed by atoms with Crippen molar-refractivity contribution in [2.24, 2.45) is 0 Å². The van der Waals surface area contributed by atoms with Crippen LogP contribution in [-0.4, -0.2) is 4.57 Å². The maximum Gasteiger partial charge on any atom is 0.283 e. The predicted molar refractivity (Wildman–Crippen MR) is 159 cm³/mol. The Kier molecular flexibility index (Phi) is 5.71. The summed E-state index contributed by atoms with van der Waals surface area (Å²) in [6.07, 6.45) is 12.1. The molecule has 0 atom stereocenters. The second kappa shape index (κ2) is 9.64.